The molecule has 0 bridgehead atoms. The van der Waals surface area contributed by atoms with Crippen LogP contribution in [0.5, 0.6) is 0 Å². The molecule has 0 radical (unpaired) electrons. The second-order valence-corrected chi connectivity index (χ2v) is 6.96. The Hall–Kier alpha value is -1.15. The highest BCUT2D eigenvalue weighted by atomic mass is 32.2. The molecule has 2 N–H and O–H groups in total. The molecule has 1 unspecified atom stereocenters. The Bertz CT molecular complexity index is 434. The van der Waals surface area contributed by atoms with Gasteiger partial charge in [0.05, 0.1) is 18.1 Å². The highest BCUT2D eigenvalue weighted by Gasteiger charge is 2.32. The van der Waals surface area contributed by atoms with E-state index in [0.717, 1.165) is 0 Å². The van der Waals surface area contributed by atoms with E-state index in [0.29, 0.717) is 19.4 Å². The standard InChI is InChI=1S/C11H20N2O5S/c1-13(9-4-6-19(17,18)8-9)10(14)7-12-5-2-3-11(15)16/h9,12H,2-8H2,1H3,(H,15,16). The summed E-state index contributed by atoms with van der Waals surface area (Å²) in [5, 5.41) is 11.3. The van der Waals surface area contributed by atoms with Crippen molar-refractivity contribution in [2.75, 3.05) is 31.6 Å². The molecule has 1 heterocycles. The topological polar surface area (TPSA) is 104 Å². The highest BCUT2D eigenvalue weighted by Crippen LogP contribution is 2.16. The average molecular weight is 292 g/mol. The van der Waals surface area contributed by atoms with Crippen molar-refractivity contribution in [1.29, 1.82) is 0 Å². The summed E-state index contributed by atoms with van der Waals surface area (Å²) in [6.45, 7) is 0.557. The van der Waals surface area contributed by atoms with Gasteiger partial charge in [0.2, 0.25) is 5.91 Å². The number of rotatable bonds is 7. The fourth-order valence-electron chi connectivity index (χ4n) is 1.97. The first-order valence-corrected chi connectivity index (χ1v) is 8.02. The minimum absolute atomic E-state index is 0.0360. The van der Waals surface area contributed by atoms with Crippen molar-refractivity contribution in [2.24, 2.45) is 0 Å². The zero-order chi connectivity index (χ0) is 14.5. The molecule has 1 saturated heterocycles. The van der Waals surface area contributed by atoms with Crippen LogP contribution in [-0.4, -0.2) is 68.0 Å². The molecule has 0 aromatic rings. The lowest BCUT2D eigenvalue weighted by Crippen LogP contribution is -2.42. The first kappa shape index (κ1) is 15.9. The van der Waals surface area contributed by atoms with E-state index >= 15 is 0 Å². The van der Waals surface area contributed by atoms with E-state index in [2.05, 4.69) is 5.32 Å². The van der Waals surface area contributed by atoms with Crippen LogP contribution in [0.25, 0.3) is 0 Å². The molecule has 0 spiro atoms. The Kier molecular flexibility index (Phi) is 5.74. The quantitative estimate of drug-likeness (QED) is 0.589. The molecule has 0 aliphatic carbocycles. The molecule has 1 atom stereocenters. The largest absolute Gasteiger partial charge is 0.481 e. The van der Waals surface area contributed by atoms with Crippen molar-refractivity contribution in [3.8, 4) is 0 Å². The van der Waals surface area contributed by atoms with Gasteiger partial charge in [-0.15, -0.1) is 0 Å². The number of carbonyl (C=O) groups excluding carboxylic acids is 1. The van der Waals surface area contributed by atoms with Gasteiger partial charge in [-0.25, -0.2) is 8.42 Å². The molecule has 1 amide bonds. The van der Waals surface area contributed by atoms with E-state index in [4.69, 9.17) is 5.11 Å². The predicted octanol–water partition coefficient (Wildman–Crippen LogP) is -0.914. The molecule has 1 aliphatic heterocycles. The van der Waals surface area contributed by atoms with E-state index in [1.807, 2.05) is 0 Å². The summed E-state index contributed by atoms with van der Waals surface area (Å²) in [5.41, 5.74) is 0. The number of nitrogens with zero attached hydrogens (tertiary/aromatic N) is 1. The third-order valence-electron chi connectivity index (χ3n) is 3.17. The lowest BCUT2D eigenvalue weighted by Gasteiger charge is -2.23. The maximum absolute atomic E-state index is 11.8. The Labute approximate surface area is 112 Å². The summed E-state index contributed by atoms with van der Waals surface area (Å²) in [6, 6.07) is -0.238. The van der Waals surface area contributed by atoms with Crippen LogP contribution in [-0.2, 0) is 19.4 Å². The summed E-state index contributed by atoms with van der Waals surface area (Å²) in [6.07, 6.45) is 1.02. The van der Waals surface area contributed by atoms with E-state index in [1.54, 1.807) is 7.05 Å². The molecule has 1 fully saturated rings. The van der Waals surface area contributed by atoms with Crippen LogP contribution < -0.4 is 5.32 Å². The molecule has 19 heavy (non-hydrogen) atoms. The normalized spacial score (nSPS) is 21.2. The molecular weight excluding hydrogens is 272 g/mol. The second-order valence-electron chi connectivity index (χ2n) is 4.74. The highest BCUT2D eigenvalue weighted by molar-refractivity contribution is 7.91. The molecular formula is C11H20N2O5S. The summed E-state index contributed by atoms with van der Waals surface area (Å²) in [4.78, 5) is 23.5. The molecule has 0 saturated carbocycles. The first-order valence-electron chi connectivity index (χ1n) is 6.20. The molecule has 110 valence electrons. The Balaban J connectivity index is 2.24. The van der Waals surface area contributed by atoms with Crippen molar-refractivity contribution in [3.05, 3.63) is 0 Å². The molecule has 0 aromatic heterocycles. The van der Waals surface area contributed by atoms with Gasteiger partial charge in [0.25, 0.3) is 0 Å². The number of carboxylic acids is 1. The summed E-state index contributed by atoms with van der Waals surface area (Å²) in [5.74, 6) is -0.853. The number of likely N-dealkylation sites (N-methyl/N-ethyl adjacent to an activating group) is 1. The van der Waals surface area contributed by atoms with E-state index < -0.39 is 15.8 Å². The smallest absolute Gasteiger partial charge is 0.303 e. The number of aliphatic carboxylic acids is 1. The number of sulfone groups is 1. The SMILES string of the molecule is CN(C(=O)CNCCCC(=O)O)C1CCS(=O)(=O)C1. The Morgan fingerprint density at radius 1 is 1.42 bits per heavy atom. The van der Waals surface area contributed by atoms with Crippen LogP contribution in [0, 0.1) is 0 Å². The van der Waals surface area contributed by atoms with Crippen LogP contribution in [0.4, 0.5) is 0 Å². The Morgan fingerprint density at radius 3 is 2.63 bits per heavy atom. The van der Waals surface area contributed by atoms with Gasteiger partial charge in [-0.05, 0) is 19.4 Å². The van der Waals surface area contributed by atoms with Gasteiger partial charge in [-0.2, -0.15) is 0 Å². The van der Waals surface area contributed by atoms with Gasteiger partial charge in [-0.1, -0.05) is 0 Å². The lowest BCUT2D eigenvalue weighted by molar-refractivity contribution is -0.137. The second kappa shape index (κ2) is 6.85. The maximum atomic E-state index is 11.8. The van der Waals surface area contributed by atoms with Gasteiger partial charge in [0.15, 0.2) is 9.84 Å². The zero-order valence-electron chi connectivity index (χ0n) is 11.0. The van der Waals surface area contributed by atoms with Crippen LogP contribution >= 0.6 is 0 Å². The molecule has 8 heteroatoms. The third kappa shape index (κ3) is 5.56. The monoisotopic (exact) mass is 292 g/mol. The summed E-state index contributed by atoms with van der Waals surface area (Å²) in [7, 11) is -1.39. The van der Waals surface area contributed by atoms with Crippen molar-refractivity contribution >= 4 is 21.7 Å². The van der Waals surface area contributed by atoms with E-state index in [9.17, 15) is 18.0 Å². The number of carboxylic acid groups (broad SMARTS) is 1. The maximum Gasteiger partial charge on any atom is 0.303 e. The Morgan fingerprint density at radius 2 is 2.11 bits per heavy atom. The van der Waals surface area contributed by atoms with Gasteiger partial charge >= 0.3 is 5.97 Å². The molecule has 1 aliphatic rings. The third-order valence-corrected chi connectivity index (χ3v) is 4.92. The van der Waals surface area contributed by atoms with Crippen LogP contribution in [0.1, 0.15) is 19.3 Å². The van der Waals surface area contributed by atoms with Gasteiger partial charge in [0, 0.05) is 19.5 Å². The average Bonchev–Trinajstić information content (AvgIpc) is 2.67. The number of amides is 1. The van der Waals surface area contributed by atoms with Gasteiger partial charge in [0.1, 0.15) is 0 Å². The number of nitrogens with one attached hydrogen (secondary N) is 1. The van der Waals surface area contributed by atoms with Crippen molar-refractivity contribution in [3.63, 3.8) is 0 Å². The first-order chi connectivity index (χ1) is 8.82. The van der Waals surface area contributed by atoms with E-state index in [-0.39, 0.29) is 36.4 Å². The van der Waals surface area contributed by atoms with Crippen LogP contribution in [0.2, 0.25) is 0 Å². The van der Waals surface area contributed by atoms with Crippen LogP contribution in [0.15, 0.2) is 0 Å². The zero-order valence-corrected chi connectivity index (χ0v) is 11.8. The van der Waals surface area contributed by atoms with Gasteiger partial charge in [-0.3, -0.25) is 9.59 Å². The fourth-order valence-corrected chi connectivity index (χ4v) is 3.74. The predicted molar refractivity (Wildman–Crippen MR) is 69.6 cm³/mol. The number of carbonyl (C=O) groups is 2. The van der Waals surface area contributed by atoms with E-state index in [1.165, 1.54) is 4.90 Å². The minimum atomic E-state index is -2.99. The van der Waals surface area contributed by atoms with Gasteiger partial charge < -0.3 is 15.3 Å². The number of hydrogen-bond donors (Lipinski definition) is 2. The van der Waals surface area contributed by atoms with Crippen LogP contribution in [0.3, 0.4) is 0 Å². The van der Waals surface area contributed by atoms with Crippen molar-refractivity contribution in [2.45, 2.75) is 25.3 Å². The summed E-state index contributed by atoms with van der Waals surface area (Å²) < 4.78 is 22.6. The molecule has 7 nitrogen and oxygen atoms in total. The number of hydrogen-bond acceptors (Lipinski definition) is 5. The van der Waals surface area contributed by atoms with Crippen molar-refractivity contribution in [1.82, 2.24) is 10.2 Å². The lowest BCUT2D eigenvalue weighted by atomic mass is 10.2. The molecule has 0 aromatic carbocycles. The summed E-state index contributed by atoms with van der Waals surface area (Å²) >= 11 is 0. The fraction of sp³-hybridized carbons (Fsp3) is 0.818. The minimum Gasteiger partial charge on any atom is -0.481 e. The molecule has 1 rings (SSSR count). The van der Waals surface area contributed by atoms with Crippen molar-refractivity contribution < 1.29 is 23.1 Å².